The van der Waals surface area contributed by atoms with Crippen molar-refractivity contribution < 1.29 is 10.2 Å². The molecule has 4 nitrogen and oxygen atoms in total. The van der Waals surface area contributed by atoms with E-state index in [9.17, 15) is 9.59 Å². The van der Waals surface area contributed by atoms with Gasteiger partial charge in [0.1, 0.15) is 0 Å². The zero-order valence-corrected chi connectivity index (χ0v) is 4.94. The SMILES string of the molecule is Cl.O=c1c(O)c(O)c1=O. The minimum Gasteiger partial charge on any atom is -0.501 e. The summed E-state index contributed by atoms with van der Waals surface area (Å²) in [7, 11) is 0. The van der Waals surface area contributed by atoms with Crippen molar-refractivity contribution in [2.75, 3.05) is 0 Å². The minimum atomic E-state index is -1.01. The van der Waals surface area contributed by atoms with Gasteiger partial charge in [-0.05, 0) is 0 Å². The molecule has 0 radical (unpaired) electrons. The van der Waals surface area contributed by atoms with E-state index in [0.29, 0.717) is 0 Å². The van der Waals surface area contributed by atoms with Gasteiger partial charge in [0.25, 0.3) is 10.9 Å². The highest BCUT2D eigenvalue weighted by Gasteiger charge is 2.17. The molecular formula is C4H3ClO4. The van der Waals surface area contributed by atoms with Crippen molar-refractivity contribution >= 4 is 12.4 Å². The zero-order chi connectivity index (χ0) is 6.31. The smallest absolute Gasteiger partial charge is 0.275 e. The van der Waals surface area contributed by atoms with E-state index in [2.05, 4.69) is 0 Å². The van der Waals surface area contributed by atoms with E-state index in [0.717, 1.165) is 0 Å². The third-order valence-corrected chi connectivity index (χ3v) is 0.861. The summed E-state index contributed by atoms with van der Waals surface area (Å²) in [5, 5.41) is 16.4. The summed E-state index contributed by atoms with van der Waals surface area (Å²) in [6.07, 6.45) is 0. The quantitative estimate of drug-likeness (QED) is 0.471. The van der Waals surface area contributed by atoms with Crippen molar-refractivity contribution in [1.29, 1.82) is 0 Å². The number of rotatable bonds is 0. The number of halogens is 1. The van der Waals surface area contributed by atoms with Gasteiger partial charge in [0.2, 0.25) is 11.5 Å². The molecule has 9 heavy (non-hydrogen) atoms. The van der Waals surface area contributed by atoms with Crippen molar-refractivity contribution in [3.63, 3.8) is 0 Å². The Morgan fingerprint density at radius 1 is 0.889 bits per heavy atom. The molecule has 1 aromatic rings. The molecule has 0 amide bonds. The van der Waals surface area contributed by atoms with E-state index in [1.54, 1.807) is 0 Å². The highest BCUT2D eigenvalue weighted by Crippen LogP contribution is 2.13. The Balaban J connectivity index is 0.000000640. The fourth-order valence-electron chi connectivity index (χ4n) is 0.368. The van der Waals surface area contributed by atoms with Crippen LogP contribution in [0.4, 0.5) is 0 Å². The number of aromatic hydroxyl groups is 2. The topological polar surface area (TPSA) is 74.6 Å². The van der Waals surface area contributed by atoms with Crippen molar-refractivity contribution in [3.8, 4) is 11.5 Å². The van der Waals surface area contributed by atoms with E-state index < -0.39 is 22.4 Å². The molecule has 5 heteroatoms. The Kier molecular flexibility index (Phi) is 1.83. The van der Waals surface area contributed by atoms with Crippen molar-refractivity contribution in [2.45, 2.75) is 0 Å². The van der Waals surface area contributed by atoms with E-state index >= 15 is 0 Å². The lowest BCUT2D eigenvalue weighted by molar-refractivity contribution is 0.384. The molecule has 0 heterocycles. The first kappa shape index (κ1) is 7.97. The molecule has 0 atom stereocenters. The second-order valence-corrected chi connectivity index (χ2v) is 1.36. The van der Waals surface area contributed by atoms with E-state index in [4.69, 9.17) is 10.2 Å². The molecule has 50 valence electrons. The summed E-state index contributed by atoms with van der Waals surface area (Å²) < 4.78 is 0. The summed E-state index contributed by atoms with van der Waals surface area (Å²) in [5.41, 5.74) is -2.02. The maximum absolute atomic E-state index is 9.95. The number of hydrogen-bond acceptors (Lipinski definition) is 4. The van der Waals surface area contributed by atoms with Gasteiger partial charge in [-0.25, -0.2) is 0 Å². The third kappa shape index (κ3) is 0.768. The van der Waals surface area contributed by atoms with Crippen LogP contribution in [0, 0.1) is 0 Å². The summed E-state index contributed by atoms with van der Waals surface area (Å²) in [6, 6.07) is 0. The van der Waals surface area contributed by atoms with Crippen molar-refractivity contribution in [2.24, 2.45) is 0 Å². The van der Waals surface area contributed by atoms with Crippen LogP contribution in [-0.4, -0.2) is 10.2 Å². The van der Waals surface area contributed by atoms with E-state index in [-0.39, 0.29) is 12.4 Å². The molecule has 0 saturated heterocycles. The van der Waals surface area contributed by atoms with Crippen LogP contribution in [0.25, 0.3) is 0 Å². The first-order valence-corrected chi connectivity index (χ1v) is 1.86. The van der Waals surface area contributed by atoms with Crippen LogP contribution in [0.3, 0.4) is 0 Å². The van der Waals surface area contributed by atoms with Gasteiger partial charge in [0.05, 0.1) is 0 Å². The first-order valence-electron chi connectivity index (χ1n) is 1.86. The molecule has 0 aliphatic carbocycles. The van der Waals surface area contributed by atoms with Gasteiger partial charge in [-0.3, -0.25) is 9.59 Å². The molecular weight excluding hydrogens is 147 g/mol. The predicted octanol–water partition coefficient (Wildman–Crippen LogP) is -0.884. The molecule has 0 fully saturated rings. The molecule has 0 aliphatic heterocycles. The minimum absolute atomic E-state index is 0. The molecule has 2 N–H and O–H groups in total. The highest BCUT2D eigenvalue weighted by molar-refractivity contribution is 5.85. The van der Waals surface area contributed by atoms with Crippen molar-refractivity contribution in [1.82, 2.24) is 0 Å². The molecule has 1 rings (SSSR count). The lowest BCUT2D eigenvalue weighted by Crippen LogP contribution is -2.28. The standard InChI is InChI=1S/C4H2O4.ClH/c5-1-2(6)4(8)3(1)7;/h5-6H;1H. The largest absolute Gasteiger partial charge is 0.501 e. The number of hydrogen-bond donors (Lipinski definition) is 2. The zero-order valence-electron chi connectivity index (χ0n) is 4.12. The molecule has 0 spiro atoms. The van der Waals surface area contributed by atoms with Gasteiger partial charge in [-0.2, -0.15) is 0 Å². The lowest BCUT2D eigenvalue weighted by Gasteiger charge is -1.92. The molecule has 1 aromatic carbocycles. The second kappa shape index (κ2) is 2.06. The molecule has 0 aromatic heterocycles. The van der Waals surface area contributed by atoms with Gasteiger partial charge in [0, 0.05) is 0 Å². The Labute approximate surface area is 55.5 Å². The van der Waals surface area contributed by atoms with Gasteiger partial charge in [0.15, 0.2) is 0 Å². The summed E-state index contributed by atoms with van der Waals surface area (Å²) in [6.45, 7) is 0. The molecule has 0 saturated carbocycles. The Hall–Kier alpha value is -1.03. The normalized spacial score (nSPS) is 8.89. The highest BCUT2D eigenvalue weighted by atomic mass is 35.5. The lowest BCUT2D eigenvalue weighted by atomic mass is 10.2. The third-order valence-electron chi connectivity index (χ3n) is 0.861. The maximum Gasteiger partial charge on any atom is 0.275 e. The Morgan fingerprint density at radius 3 is 1.22 bits per heavy atom. The van der Waals surface area contributed by atoms with Gasteiger partial charge in [-0.15, -0.1) is 12.4 Å². The van der Waals surface area contributed by atoms with Crippen LogP contribution >= 0.6 is 12.4 Å². The van der Waals surface area contributed by atoms with Crippen LogP contribution in [-0.2, 0) is 0 Å². The Bertz CT molecular complexity index is 253. The Morgan fingerprint density at radius 2 is 1.11 bits per heavy atom. The molecule has 0 unspecified atom stereocenters. The molecule has 0 aliphatic rings. The van der Waals surface area contributed by atoms with Crippen LogP contribution in [0.1, 0.15) is 0 Å². The summed E-state index contributed by atoms with van der Waals surface area (Å²) >= 11 is 0. The predicted molar refractivity (Wildman–Crippen MR) is 31.9 cm³/mol. The van der Waals surface area contributed by atoms with Crippen molar-refractivity contribution in [3.05, 3.63) is 20.4 Å². The van der Waals surface area contributed by atoms with Crippen LogP contribution < -0.4 is 10.9 Å². The van der Waals surface area contributed by atoms with Gasteiger partial charge >= 0.3 is 0 Å². The first-order chi connectivity index (χ1) is 3.64. The van der Waals surface area contributed by atoms with Crippen LogP contribution in [0.15, 0.2) is 9.59 Å². The average molecular weight is 151 g/mol. The monoisotopic (exact) mass is 150 g/mol. The second-order valence-electron chi connectivity index (χ2n) is 1.36. The fraction of sp³-hybridized carbons (Fsp3) is 0. The van der Waals surface area contributed by atoms with E-state index in [1.165, 1.54) is 0 Å². The fourth-order valence-corrected chi connectivity index (χ4v) is 0.368. The maximum atomic E-state index is 9.95. The molecule has 0 bridgehead atoms. The van der Waals surface area contributed by atoms with Crippen LogP contribution in [0.5, 0.6) is 11.5 Å². The van der Waals surface area contributed by atoms with Gasteiger partial charge < -0.3 is 10.2 Å². The van der Waals surface area contributed by atoms with E-state index in [1.807, 2.05) is 0 Å². The summed E-state index contributed by atoms with van der Waals surface area (Å²) in [4.78, 5) is 19.9. The van der Waals surface area contributed by atoms with Crippen LogP contribution in [0.2, 0.25) is 0 Å². The average Bonchev–Trinajstić information content (AvgIpc) is 1.83. The summed E-state index contributed by atoms with van der Waals surface area (Å²) in [5.74, 6) is -1.65. The van der Waals surface area contributed by atoms with Gasteiger partial charge in [-0.1, -0.05) is 0 Å².